The van der Waals surface area contributed by atoms with E-state index in [1.165, 1.54) is 0 Å². The van der Waals surface area contributed by atoms with Gasteiger partial charge in [0.15, 0.2) is 5.82 Å². The first kappa shape index (κ1) is 16.0. The van der Waals surface area contributed by atoms with Gasteiger partial charge in [-0.25, -0.2) is 4.39 Å². The Kier molecular flexibility index (Phi) is 4.64. The van der Waals surface area contributed by atoms with Crippen molar-refractivity contribution in [1.82, 2.24) is 4.90 Å². The van der Waals surface area contributed by atoms with Crippen molar-refractivity contribution in [2.75, 3.05) is 18.9 Å². The Hall–Kier alpha value is -1.91. The fraction of sp³-hybridized carbons (Fsp3) is 0.278. The second kappa shape index (κ2) is 6.69. The van der Waals surface area contributed by atoms with E-state index < -0.39 is 5.82 Å². The molecule has 0 aromatic heterocycles. The summed E-state index contributed by atoms with van der Waals surface area (Å²) in [6, 6.07) is 11.8. The maximum atomic E-state index is 14.8. The number of nitrogens with zero attached hydrogens (tertiary/aromatic N) is 1. The molecule has 2 aromatic carbocycles. The topological polar surface area (TPSA) is 32.3 Å². The third kappa shape index (κ3) is 3.23. The summed E-state index contributed by atoms with van der Waals surface area (Å²) in [5, 5.41) is 3.19. The average molecular weight is 333 g/mol. The number of hydrogen-bond acceptors (Lipinski definition) is 2. The number of halogens is 2. The molecule has 1 fully saturated rings. The molecule has 23 heavy (non-hydrogen) atoms. The number of benzene rings is 2. The highest BCUT2D eigenvalue weighted by molar-refractivity contribution is 6.33. The molecule has 1 saturated heterocycles. The van der Waals surface area contributed by atoms with Crippen molar-refractivity contribution in [1.29, 1.82) is 0 Å². The summed E-state index contributed by atoms with van der Waals surface area (Å²) in [6.45, 7) is 0.889. The predicted molar refractivity (Wildman–Crippen MR) is 91.1 cm³/mol. The Bertz CT molecular complexity index is 735. The normalized spacial score (nSPS) is 18.1. The molecule has 1 amide bonds. The quantitative estimate of drug-likeness (QED) is 0.914. The van der Waals surface area contributed by atoms with Gasteiger partial charge in [-0.2, -0.15) is 0 Å². The number of rotatable bonds is 3. The highest BCUT2D eigenvalue weighted by Crippen LogP contribution is 2.32. The number of hydrogen-bond donors (Lipinski definition) is 1. The smallest absolute Gasteiger partial charge is 0.241 e. The first-order valence-electron chi connectivity index (χ1n) is 7.62. The Morgan fingerprint density at radius 1 is 1.22 bits per heavy atom. The maximum absolute atomic E-state index is 14.8. The first-order valence-corrected chi connectivity index (χ1v) is 8.00. The largest absolute Gasteiger partial charge is 0.322 e. The molecular weight excluding hydrogens is 315 g/mol. The van der Waals surface area contributed by atoms with Crippen LogP contribution in [0.2, 0.25) is 5.02 Å². The zero-order valence-corrected chi connectivity index (χ0v) is 13.6. The number of nitrogens with one attached hydrogen (secondary N) is 1. The zero-order valence-electron chi connectivity index (χ0n) is 12.9. The Labute approximate surface area is 140 Å². The predicted octanol–water partition coefficient (Wildman–Crippen LogP) is 4.18. The number of likely N-dealkylation sites (N-methyl/N-ethyl adjacent to an activating group) is 1. The fourth-order valence-corrected chi connectivity index (χ4v) is 3.21. The fourth-order valence-electron chi connectivity index (χ4n) is 2.97. The molecule has 0 bridgehead atoms. The van der Waals surface area contributed by atoms with Gasteiger partial charge in [0.05, 0.1) is 11.7 Å². The summed E-state index contributed by atoms with van der Waals surface area (Å²) < 4.78 is 14.8. The van der Waals surface area contributed by atoms with E-state index in [1.807, 2.05) is 11.9 Å². The van der Waals surface area contributed by atoms with Gasteiger partial charge in [-0.15, -0.1) is 0 Å². The van der Waals surface area contributed by atoms with E-state index in [9.17, 15) is 9.18 Å². The van der Waals surface area contributed by atoms with E-state index in [1.54, 1.807) is 42.5 Å². The lowest BCUT2D eigenvalue weighted by atomic mass is 10.0. The number of amides is 1. The molecule has 2 aromatic rings. The van der Waals surface area contributed by atoms with Crippen molar-refractivity contribution in [3.8, 4) is 11.1 Å². The van der Waals surface area contributed by atoms with Crippen molar-refractivity contribution >= 4 is 23.2 Å². The van der Waals surface area contributed by atoms with E-state index in [4.69, 9.17) is 11.6 Å². The minimum Gasteiger partial charge on any atom is -0.322 e. The SMILES string of the molecule is CN1CCCC1C(=O)Nc1cccc(-c2ccccc2Cl)c1F. The lowest BCUT2D eigenvalue weighted by Crippen LogP contribution is -2.37. The van der Waals surface area contributed by atoms with Gasteiger partial charge in [0.25, 0.3) is 0 Å². The van der Waals surface area contributed by atoms with Crippen LogP contribution in [-0.2, 0) is 4.79 Å². The summed E-state index contributed by atoms with van der Waals surface area (Å²) >= 11 is 6.15. The molecule has 3 rings (SSSR count). The minimum atomic E-state index is -0.463. The third-order valence-corrected chi connectivity index (χ3v) is 4.57. The minimum absolute atomic E-state index is 0.166. The van der Waals surface area contributed by atoms with Gasteiger partial charge in [-0.1, -0.05) is 41.9 Å². The molecule has 5 heteroatoms. The van der Waals surface area contributed by atoms with Gasteiger partial charge in [0.2, 0.25) is 5.91 Å². The van der Waals surface area contributed by atoms with E-state index in [2.05, 4.69) is 5.32 Å². The maximum Gasteiger partial charge on any atom is 0.241 e. The van der Waals surface area contributed by atoms with Crippen LogP contribution >= 0.6 is 11.6 Å². The molecule has 0 saturated carbocycles. The monoisotopic (exact) mass is 332 g/mol. The number of carbonyl (C=O) groups excluding carboxylic acids is 1. The summed E-state index contributed by atoms with van der Waals surface area (Å²) in [7, 11) is 1.91. The highest BCUT2D eigenvalue weighted by atomic mass is 35.5. The van der Waals surface area contributed by atoms with Crippen LogP contribution in [0.1, 0.15) is 12.8 Å². The Morgan fingerprint density at radius 2 is 1.96 bits per heavy atom. The van der Waals surface area contributed by atoms with E-state index in [0.717, 1.165) is 19.4 Å². The van der Waals surface area contributed by atoms with Crippen molar-refractivity contribution in [3.05, 3.63) is 53.3 Å². The molecule has 120 valence electrons. The van der Waals surface area contributed by atoms with Gasteiger partial charge >= 0.3 is 0 Å². The summed E-state index contributed by atoms with van der Waals surface area (Å²) in [6.07, 6.45) is 1.78. The standard InChI is InChI=1S/C18H18ClFN2O/c1-22-11-5-10-16(22)18(23)21-15-9-4-7-13(17(15)20)12-6-2-3-8-14(12)19/h2-4,6-9,16H,5,10-11H2,1H3,(H,21,23). The molecule has 1 aliphatic rings. The molecule has 1 aliphatic heterocycles. The molecule has 0 spiro atoms. The van der Waals surface area contributed by atoms with Gasteiger partial charge in [-0.3, -0.25) is 9.69 Å². The molecular formula is C18H18ClFN2O. The van der Waals surface area contributed by atoms with E-state index in [0.29, 0.717) is 16.1 Å². The number of likely N-dealkylation sites (tertiary alicyclic amines) is 1. The molecule has 0 radical (unpaired) electrons. The van der Waals surface area contributed by atoms with Crippen LogP contribution in [0.3, 0.4) is 0 Å². The van der Waals surface area contributed by atoms with Crippen LogP contribution in [0.5, 0.6) is 0 Å². The molecule has 0 aliphatic carbocycles. The average Bonchev–Trinajstić information content (AvgIpc) is 2.96. The van der Waals surface area contributed by atoms with E-state index >= 15 is 0 Å². The van der Waals surface area contributed by atoms with Gasteiger partial charge in [0.1, 0.15) is 0 Å². The second-order valence-electron chi connectivity index (χ2n) is 5.77. The van der Waals surface area contributed by atoms with Gasteiger partial charge < -0.3 is 5.32 Å². The first-order chi connectivity index (χ1) is 11.1. The molecule has 1 unspecified atom stereocenters. The molecule has 1 atom stereocenters. The van der Waals surface area contributed by atoms with E-state index in [-0.39, 0.29) is 17.6 Å². The lowest BCUT2D eigenvalue weighted by molar-refractivity contribution is -0.119. The van der Waals surface area contributed by atoms with Gasteiger partial charge in [0, 0.05) is 16.1 Å². The van der Waals surface area contributed by atoms with Crippen molar-refractivity contribution in [2.24, 2.45) is 0 Å². The lowest BCUT2D eigenvalue weighted by Gasteiger charge is -2.19. The number of anilines is 1. The van der Waals surface area contributed by atoms with Crippen LogP contribution in [0.25, 0.3) is 11.1 Å². The van der Waals surface area contributed by atoms with Crippen LogP contribution in [0.4, 0.5) is 10.1 Å². The van der Waals surface area contributed by atoms with Gasteiger partial charge in [-0.05, 0) is 38.6 Å². The third-order valence-electron chi connectivity index (χ3n) is 4.24. The Morgan fingerprint density at radius 3 is 2.65 bits per heavy atom. The molecule has 1 N–H and O–H groups in total. The Balaban J connectivity index is 1.88. The summed E-state index contributed by atoms with van der Waals surface area (Å²) in [5.74, 6) is -0.630. The molecule has 3 nitrogen and oxygen atoms in total. The summed E-state index contributed by atoms with van der Waals surface area (Å²) in [5.41, 5.74) is 1.18. The van der Waals surface area contributed by atoms with Crippen LogP contribution in [0, 0.1) is 5.82 Å². The van der Waals surface area contributed by atoms with Crippen molar-refractivity contribution in [3.63, 3.8) is 0 Å². The van der Waals surface area contributed by atoms with Crippen molar-refractivity contribution in [2.45, 2.75) is 18.9 Å². The van der Waals surface area contributed by atoms with Crippen LogP contribution < -0.4 is 5.32 Å². The highest BCUT2D eigenvalue weighted by Gasteiger charge is 2.28. The summed E-state index contributed by atoms with van der Waals surface area (Å²) in [4.78, 5) is 14.3. The molecule has 1 heterocycles. The zero-order chi connectivity index (χ0) is 16.4. The van der Waals surface area contributed by atoms with Crippen LogP contribution in [-0.4, -0.2) is 30.4 Å². The van der Waals surface area contributed by atoms with Crippen molar-refractivity contribution < 1.29 is 9.18 Å². The van der Waals surface area contributed by atoms with Crippen LogP contribution in [0.15, 0.2) is 42.5 Å². The number of carbonyl (C=O) groups is 1. The second-order valence-corrected chi connectivity index (χ2v) is 6.18.